The molecule has 0 atom stereocenters. The van der Waals surface area contributed by atoms with Crippen LogP contribution >= 0.6 is 0 Å². The van der Waals surface area contributed by atoms with E-state index in [1.807, 2.05) is 0 Å². The summed E-state index contributed by atoms with van der Waals surface area (Å²) in [5, 5.41) is 8.94. The molecule has 0 aliphatic carbocycles. The van der Waals surface area contributed by atoms with Gasteiger partial charge in [-0.3, -0.25) is 4.79 Å². The van der Waals surface area contributed by atoms with Crippen molar-refractivity contribution in [2.24, 2.45) is 0 Å². The van der Waals surface area contributed by atoms with Gasteiger partial charge in [0.2, 0.25) is 5.78 Å². The standard InChI is InChI=1S/C10H10O4/c1-2-9(12)10(13)14-8-5-3-7(11)4-6-8/h3-6,11H,2H2,1H3. The highest BCUT2D eigenvalue weighted by atomic mass is 16.5. The minimum Gasteiger partial charge on any atom is -0.508 e. The van der Waals surface area contributed by atoms with Gasteiger partial charge in [-0.25, -0.2) is 4.79 Å². The van der Waals surface area contributed by atoms with Crippen LogP contribution in [0.5, 0.6) is 11.5 Å². The maximum Gasteiger partial charge on any atom is 0.379 e. The number of carbonyl (C=O) groups excluding carboxylic acids is 2. The Hall–Kier alpha value is -1.84. The predicted octanol–water partition coefficient (Wildman–Crippen LogP) is 1.28. The first-order chi connectivity index (χ1) is 6.63. The SMILES string of the molecule is CCC(=O)C(=O)Oc1ccc(O)cc1. The molecule has 0 spiro atoms. The lowest BCUT2D eigenvalue weighted by atomic mass is 10.3. The first-order valence-electron chi connectivity index (χ1n) is 4.17. The maximum atomic E-state index is 11.0. The van der Waals surface area contributed by atoms with E-state index in [0.29, 0.717) is 0 Å². The van der Waals surface area contributed by atoms with Crippen molar-refractivity contribution in [2.75, 3.05) is 0 Å². The molecule has 74 valence electrons. The fourth-order valence-corrected chi connectivity index (χ4v) is 0.822. The van der Waals surface area contributed by atoms with Crippen LogP contribution in [0.1, 0.15) is 13.3 Å². The number of rotatable bonds is 3. The van der Waals surface area contributed by atoms with Gasteiger partial charge in [-0.1, -0.05) is 6.92 Å². The number of esters is 1. The first-order valence-corrected chi connectivity index (χ1v) is 4.17. The number of phenolic OH excluding ortho intramolecular Hbond substituents is 1. The molecular weight excluding hydrogens is 184 g/mol. The Bertz CT molecular complexity index is 340. The van der Waals surface area contributed by atoms with Gasteiger partial charge in [0.25, 0.3) is 0 Å². The van der Waals surface area contributed by atoms with Crippen LogP contribution in [-0.4, -0.2) is 16.9 Å². The van der Waals surface area contributed by atoms with E-state index >= 15 is 0 Å². The number of phenols is 1. The Morgan fingerprint density at radius 2 is 1.86 bits per heavy atom. The van der Waals surface area contributed by atoms with Crippen molar-refractivity contribution < 1.29 is 19.4 Å². The average molecular weight is 194 g/mol. The predicted molar refractivity (Wildman–Crippen MR) is 49.0 cm³/mol. The van der Waals surface area contributed by atoms with Gasteiger partial charge < -0.3 is 9.84 Å². The van der Waals surface area contributed by atoms with Crippen molar-refractivity contribution in [1.29, 1.82) is 0 Å². The van der Waals surface area contributed by atoms with Crippen molar-refractivity contribution in [3.05, 3.63) is 24.3 Å². The molecule has 0 fully saturated rings. The van der Waals surface area contributed by atoms with E-state index in [-0.39, 0.29) is 17.9 Å². The van der Waals surface area contributed by atoms with E-state index < -0.39 is 11.8 Å². The highest BCUT2D eigenvalue weighted by Gasteiger charge is 2.13. The van der Waals surface area contributed by atoms with Crippen LogP contribution in [0.4, 0.5) is 0 Å². The highest BCUT2D eigenvalue weighted by Crippen LogP contribution is 2.16. The van der Waals surface area contributed by atoms with Crippen LogP contribution in [-0.2, 0) is 9.59 Å². The molecule has 0 unspecified atom stereocenters. The number of hydrogen-bond acceptors (Lipinski definition) is 4. The maximum absolute atomic E-state index is 11.0. The van der Waals surface area contributed by atoms with Crippen LogP contribution in [0, 0.1) is 0 Å². The fraction of sp³-hybridized carbons (Fsp3) is 0.200. The van der Waals surface area contributed by atoms with Crippen molar-refractivity contribution in [3.8, 4) is 11.5 Å². The molecule has 0 saturated heterocycles. The van der Waals surface area contributed by atoms with Gasteiger partial charge in [-0.15, -0.1) is 0 Å². The molecule has 1 aromatic carbocycles. The molecule has 0 bridgehead atoms. The molecule has 0 aliphatic heterocycles. The second kappa shape index (κ2) is 4.41. The lowest BCUT2D eigenvalue weighted by molar-refractivity contribution is -0.146. The number of Topliss-reactive ketones (excluding diaryl/α,β-unsaturated/α-hetero) is 1. The Kier molecular flexibility index (Phi) is 3.23. The van der Waals surface area contributed by atoms with Crippen molar-refractivity contribution >= 4 is 11.8 Å². The minimum atomic E-state index is -0.877. The smallest absolute Gasteiger partial charge is 0.379 e. The summed E-state index contributed by atoms with van der Waals surface area (Å²) in [7, 11) is 0. The molecule has 4 nitrogen and oxygen atoms in total. The summed E-state index contributed by atoms with van der Waals surface area (Å²) < 4.78 is 4.72. The van der Waals surface area contributed by atoms with Crippen LogP contribution in [0.15, 0.2) is 24.3 Å². The summed E-state index contributed by atoms with van der Waals surface area (Å²) in [6.45, 7) is 1.58. The molecule has 0 radical (unpaired) electrons. The van der Waals surface area contributed by atoms with E-state index in [0.717, 1.165) is 0 Å². The first kappa shape index (κ1) is 10.2. The largest absolute Gasteiger partial charge is 0.508 e. The lowest BCUT2D eigenvalue weighted by Crippen LogP contribution is -2.19. The zero-order valence-corrected chi connectivity index (χ0v) is 7.69. The number of carbonyl (C=O) groups is 2. The van der Waals surface area contributed by atoms with Crippen LogP contribution in [0.2, 0.25) is 0 Å². The topological polar surface area (TPSA) is 63.6 Å². The van der Waals surface area contributed by atoms with Crippen molar-refractivity contribution in [1.82, 2.24) is 0 Å². The summed E-state index contributed by atoms with van der Waals surface area (Å²) in [5.74, 6) is -1.13. The van der Waals surface area contributed by atoms with E-state index in [1.165, 1.54) is 24.3 Å². The monoisotopic (exact) mass is 194 g/mol. The molecule has 1 aromatic rings. The van der Waals surface area contributed by atoms with Crippen LogP contribution in [0.3, 0.4) is 0 Å². The van der Waals surface area contributed by atoms with Gasteiger partial charge in [-0.05, 0) is 24.3 Å². The summed E-state index contributed by atoms with van der Waals surface area (Å²) >= 11 is 0. The molecular formula is C10H10O4. The van der Waals surface area contributed by atoms with Crippen LogP contribution in [0.25, 0.3) is 0 Å². The number of ketones is 1. The molecule has 4 heteroatoms. The molecule has 1 rings (SSSR count). The second-order valence-electron chi connectivity index (χ2n) is 2.66. The third-order valence-corrected chi connectivity index (χ3v) is 1.60. The Balaban J connectivity index is 2.65. The normalized spacial score (nSPS) is 9.50. The van der Waals surface area contributed by atoms with E-state index in [9.17, 15) is 9.59 Å². The zero-order valence-electron chi connectivity index (χ0n) is 7.69. The zero-order chi connectivity index (χ0) is 10.6. The summed E-state index contributed by atoms with van der Waals surface area (Å²) in [6, 6.07) is 5.57. The highest BCUT2D eigenvalue weighted by molar-refractivity contribution is 6.34. The van der Waals surface area contributed by atoms with Crippen LogP contribution < -0.4 is 4.74 Å². The average Bonchev–Trinajstić information content (AvgIpc) is 2.20. The van der Waals surface area contributed by atoms with Gasteiger partial charge in [0.05, 0.1) is 0 Å². The molecule has 0 amide bonds. The van der Waals surface area contributed by atoms with Gasteiger partial charge in [0.15, 0.2) is 0 Å². The van der Waals surface area contributed by atoms with Crippen molar-refractivity contribution in [3.63, 3.8) is 0 Å². The van der Waals surface area contributed by atoms with Crippen molar-refractivity contribution in [2.45, 2.75) is 13.3 Å². The Morgan fingerprint density at radius 3 is 2.36 bits per heavy atom. The second-order valence-corrected chi connectivity index (χ2v) is 2.66. The number of benzene rings is 1. The van der Waals surface area contributed by atoms with E-state index in [2.05, 4.69) is 0 Å². The minimum absolute atomic E-state index is 0.0756. The quantitative estimate of drug-likeness (QED) is 0.447. The molecule has 0 heterocycles. The summed E-state index contributed by atoms with van der Waals surface area (Å²) in [6.07, 6.45) is 0.122. The lowest BCUT2D eigenvalue weighted by Gasteiger charge is -2.01. The van der Waals surface area contributed by atoms with E-state index in [1.54, 1.807) is 6.92 Å². The molecule has 1 N–H and O–H groups in total. The van der Waals surface area contributed by atoms with Gasteiger partial charge in [0.1, 0.15) is 11.5 Å². The number of ether oxygens (including phenoxy) is 1. The summed E-state index contributed by atoms with van der Waals surface area (Å²) in [4.78, 5) is 21.9. The van der Waals surface area contributed by atoms with Gasteiger partial charge >= 0.3 is 5.97 Å². The third kappa shape index (κ3) is 2.58. The molecule has 14 heavy (non-hydrogen) atoms. The fourth-order valence-electron chi connectivity index (χ4n) is 0.822. The van der Waals surface area contributed by atoms with E-state index in [4.69, 9.17) is 9.84 Å². The Labute approximate surface area is 81.1 Å². The molecule has 0 aromatic heterocycles. The third-order valence-electron chi connectivity index (χ3n) is 1.60. The molecule has 0 saturated carbocycles. The number of aromatic hydroxyl groups is 1. The molecule has 0 aliphatic rings. The summed E-state index contributed by atoms with van der Waals surface area (Å²) in [5.41, 5.74) is 0. The van der Waals surface area contributed by atoms with Gasteiger partial charge in [-0.2, -0.15) is 0 Å². The number of hydrogen-bond donors (Lipinski definition) is 1. The van der Waals surface area contributed by atoms with Gasteiger partial charge in [0, 0.05) is 6.42 Å². The Morgan fingerprint density at radius 1 is 1.29 bits per heavy atom.